The molecule has 2 amide bonds. The maximum atomic E-state index is 12.6. The van der Waals surface area contributed by atoms with Crippen molar-refractivity contribution in [1.29, 1.82) is 0 Å². The molecular formula is C11H9BrF4N2O3. The van der Waals surface area contributed by atoms with Crippen LogP contribution in [0.25, 0.3) is 0 Å². The number of benzene rings is 1. The van der Waals surface area contributed by atoms with Gasteiger partial charge < -0.3 is 15.7 Å². The van der Waals surface area contributed by atoms with Crippen LogP contribution in [0, 0.1) is 0 Å². The van der Waals surface area contributed by atoms with Crippen LogP contribution in [0.4, 0.5) is 28.0 Å². The smallest absolute Gasteiger partial charge is 0.337 e. The summed E-state index contributed by atoms with van der Waals surface area (Å²) in [5, 5.41) is 12.5. The Labute approximate surface area is 124 Å². The summed E-state index contributed by atoms with van der Waals surface area (Å²) in [7, 11) is 0. The highest BCUT2D eigenvalue weighted by molar-refractivity contribution is 9.10. The van der Waals surface area contributed by atoms with E-state index in [0.29, 0.717) is 0 Å². The van der Waals surface area contributed by atoms with Gasteiger partial charge in [0.1, 0.15) is 0 Å². The van der Waals surface area contributed by atoms with Crippen LogP contribution in [0.2, 0.25) is 0 Å². The molecule has 0 aliphatic heterocycles. The summed E-state index contributed by atoms with van der Waals surface area (Å²) in [4.78, 5) is 22.3. The van der Waals surface area contributed by atoms with Crippen molar-refractivity contribution in [3.63, 3.8) is 0 Å². The highest BCUT2D eigenvalue weighted by atomic mass is 79.9. The Hall–Kier alpha value is -1.84. The minimum atomic E-state index is -4.37. The van der Waals surface area contributed by atoms with E-state index in [9.17, 15) is 27.2 Å². The number of nitrogens with one attached hydrogen (secondary N) is 2. The Morgan fingerprint density at radius 3 is 2.48 bits per heavy atom. The van der Waals surface area contributed by atoms with Gasteiger partial charge in [-0.3, -0.25) is 0 Å². The van der Waals surface area contributed by atoms with E-state index < -0.39 is 30.9 Å². The maximum absolute atomic E-state index is 12.6. The number of carboxylic acid groups (broad SMARTS) is 1. The van der Waals surface area contributed by atoms with E-state index in [4.69, 9.17) is 5.11 Å². The fourth-order valence-electron chi connectivity index (χ4n) is 1.26. The molecule has 0 unspecified atom stereocenters. The third kappa shape index (κ3) is 4.59. The predicted octanol–water partition coefficient (Wildman–Crippen LogP) is 3.17. The van der Waals surface area contributed by atoms with E-state index in [-0.39, 0.29) is 15.7 Å². The molecule has 0 saturated carbocycles. The number of carboxylic acids is 1. The topological polar surface area (TPSA) is 78.4 Å². The summed E-state index contributed by atoms with van der Waals surface area (Å²) in [5.74, 6) is -5.73. The molecule has 3 N–H and O–H groups in total. The number of aromatic carboxylic acids is 1. The van der Waals surface area contributed by atoms with Gasteiger partial charge in [-0.2, -0.15) is 8.78 Å². The number of anilines is 1. The number of urea groups is 1. The molecule has 0 atom stereocenters. The van der Waals surface area contributed by atoms with E-state index in [1.807, 2.05) is 5.32 Å². The van der Waals surface area contributed by atoms with E-state index in [0.717, 1.165) is 0 Å². The summed E-state index contributed by atoms with van der Waals surface area (Å²) in [5.41, 5.74) is -0.469. The zero-order valence-corrected chi connectivity index (χ0v) is 11.8. The summed E-state index contributed by atoms with van der Waals surface area (Å²) in [6.07, 6.45) is -3.92. The fraction of sp³-hybridized carbons (Fsp3) is 0.273. The molecule has 5 nitrogen and oxygen atoms in total. The van der Waals surface area contributed by atoms with Crippen molar-refractivity contribution in [3.8, 4) is 0 Å². The first kappa shape index (κ1) is 17.2. The van der Waals surface area contributed by atoms with Gasteiger partial charge in [0.25, 0.3) is 0 Å². The van der Waals surface area contributed by atoms with Crippen LogP contribution in [0.1, 0.15) is 10.4 Å². The zero-order valence-electron chi connectivity index (χ0n) is 10.2. The fourth-order valence-corrected chi connectivity index (χ4v) is 1.73. The molecule has 0 aromatic heterocycles. The summed E-state index contributed by atoms with van der Waals surface area (Å²) >= 11 is 2.98. The lowest BCUT2D eigenvalue weighted by Crippen LogP contribution is -2.43. The first-order valence-electron chi connectivity index (χ1n) is 5.38. The molecular weight excluding hydrogens is 364 g/mol. The van der Waals surface area contributed by atoms with Gasteiger partial charge in [0.2, 0.25) is 0 Å². The quantitative estimate of drug-likeness (QED) is 0.694. The summed E-state index contributed by atoms with van der Waals surface area (Å²) in [6, 6.07) is 2.75. The number of hydrogen-bond donors (Lipinski definition) is 3. The SMILES string of the molecule is O=C(NCC(F)(F)C(F)F)Nc1c(Br)cccc1C(=O)O. The maximum Gasteiger partial charge on any atom is 0.337 e. The Morgan fingerprint density at radius 2 is 1.95 bits per heavy atom. The normalized spacial score (nSPS) is 11.3. The zero-order chi connectivity index (χ0) is 16.2. The van der Waals surface area contributed by atoms with Crippen LogP contribution in [0.5, 0.6) is 0 Å². The number of para-hydroxylation sites is 1. The van der Waals surface area contributed by atoms with Gasteiger partial charge in [-0.15, -0.1) is 0 Å². The average molecular weight is 373 g/mol. The molecule has 1 rings (SSSR count). The highest BCUT2D eigenvalue weighted by Crippen LogP contribution is 2.26. The van der Waals surface area contributed by atoms with Crippen molar-refractivity contribution in [1.82, 2.24) is 5.32 Å². The van der Waals surface area contributed by atoms with Crippen molar-refractivity contribution in [3.05, 3.63) is 28.2 Å². The van der Waals surface area contributed by atoms with Gasteiger partial charge in [-0.1, -0.05) is 6.07 Å². The second-order valence-corrected chi connectivity index (χ2v) is 4.69. The van der Waals surface area contributed by atoms with Gasteiger partial charge in [0, 0.05) is 4.47 Å². The van der Waals surface area contributed by atoms with E-state index in [1.165, 1.54) is 18.2 Å². The lowest BCUT2D eigenvalue weighted by Gasteiger charge is -2.17. The molecule has 0 radical (unpaired) electrons. The molecule has 116 valence electrons. The molecule has 0 saturated heterocycles. The van der Waals surface area contributed by atoms with Gasteiger partial charge in [0.15, 0.2) is 0 Å². The first-order valence-corrected chi connectivity index (χ1v) is 6.17. The van der Waals surface area contributed by atoms with Crippen molar-refractivity contribution >= 4 is 33.6 Å². The Morgan fingerprint density at radius 1 is 1.33 bits per heavy atom. The molecule has 1 aromatic carbocycles. The number of alkyl halides is 4. The lowest BCUT2D eigenvalue weighted by molar-refractivity contribution is -0.123. The van der Waals surface area contributed by atoms with Crippen LogP contribution in [0.15, 0.2) is 22.7 Å². The summed E-state index contributed by atoms with van der Waals surface area (Å²) in [6.45, 7) is -1.58. The lowest BCUT2D eigenvalue weighted by atomic mass is 10.2. The number of hydrogen-bond acceptors (Lipinski definition) is 2. The van der Waals surface area contributed by atoms with Gasteiger partial charge in [-0.25, -0.2) is 18.4 Å². The molecule has 1 aromatic rings. The van der Waals surface area contributed by atoms with Crippen LogP contribution in [-0.2, 0) is 0 Å². The van der Waals surface area contributed by atoms with E-state index in [1.54, 1.807) is 5.32 Å². The minimum absolute atomic E-state index is 0.178. The number of carbonyl (C=O) groups is 2. The van der Waals surface area contributed by atoms with Crippen LogP contribution in [0.3, 0.4) is 0 Å². The second-order valence-electron chi connectivity index (χ2n) is 3.84. The number of halogens is 5. The van der Waals surface area contributed by atoms with Gasteiger partial charge in [0.05, 0.1) is 17.8 Å². The summed E-state index contributed by atoms with van der Waals surface area (Å²) < 4.78 is 49.3. The number of amides is 2. The number of rotatable bonds is 5. The molecule has 0 aliphatic carbocycles. The van der Waals surface area contributed by atoms with Gasteiger partial charge >= 0.3 is 24.3 Å². The van der Waals surface area contributed by atoms with Crippen molar-refractivity contribution in [2.45, 2.75) is 12.3 Å². The van der Waals surface area contributed by atoms with E-state index >= 15 is 0 Å². The van der Waals surface area contributed by atoms with Gasteiger partial charge in [-0.05, 0) is 28.1 Å². The first-order chi connectivity index (χ1) is 9.65. The third-order valence-corrected chi connectivity index (χ3v) is 2.95. The Balaban J connectivity index is 2.79. The molecule has 0 fully saturated rings. The van der Waals surface area contributed by atoms with Crippen molar-refractivity contribution < 1.29 is 32.3 Å². The molecule has 0 heterocycles. The average Bonchev–Trinajstić information content (AvgIpc) is 2.38. The second kappa shape index (κ2) is 6.74. The van der Waals surface area contributed by atoms with Crippen molar-refractivity contribution in [2.24, 2.45) is 0 Å². The minimum Gasteiger partial charge on any atom is -0.478 e. The standard InChI is InChI=1S/C11H9BrF4N2O3/c12-6-3-1-2-5(8(19)20)7(6)18-10(21)17-4-11(15,16)9(13)14/h1-3,9H,4H2,(H,19,20)(H2,17,18,21). The Kier molecular flexibility index (Phi) is 5.53. The van der Waals surface area contributed by atoms with Crippen molar-refractivity contribution in [2.75, 3.05) is 11.9 Å². The third-order valence-electron chi connectivity index (χ3n) is 2.29. The molecule has 0 bridgehead atoms. The number of carbonyl (C=O) groups excluding carboxylic acids is 1. The van der Waals surface area contributed by atoms with Crippen LogP contribution >= 0.6 is 15.9 Å². The molecule has 10 heteroatoms. The molecule has 0 aliphatic rings. The molecule has 0 spiro atoms. The van der Waals surface area contributed by atoms with E-state index in [2.05, 4.69) is 15.9 Å². The largest absolute Gasteiger partial charge is 0.478 e. The van der Waals surface area contributed by atoms with Crippen LogP contribution in [-0.4, -0.2) is 36.0 Å². The predicted molar refractivity (Wildman–Crippen MR) is 69.1 cm³/mol. The van der Waals surface area contributed by atoms with Crippen LogP contribution < -0.4 is 10.6 Å². The highest BCUT2D eigenvalue weighted by Gasteiger charge is 2.40. The Bertz CT molecular complexity index is 554. The molecule has 21 heavy (non-hydrogen) atoms. The monoisotopic (exact) mass is 372 g/mol.